The number of carbonyl (C=O) groups is 1. The van der Waals surface area contributed by atoms with Crippen LogP contribution in [0.3, 0.4) is 0 Å². The van der Waals surface area contributed by atoms with Crippen molar-refractivity contribution in [1.29, 1.82) is 0 Å². The van der Waals surface area contributed by atoms with Gasteiger partial charge in [-0.25, -0.2) is 4.98 Å². The summed E-state index contributed by atoms with van der Waals surface area (Å²) in [6, 6.07) is 15.3. The lowest BCUT2D eigenvalue weighted by Gasteiger charge is -2.12. The number of thiocarbonyl (C=S) groups is 1. The second-order valence-corrected chi connectivity index (χ2v) is 5.97. The number of fused-ring (bicyclic) bond motifs is 1. The smallest absolute Gasteiger partial charge is 0.258 e. The molecule has 1 amide bonds. The average Bonchev–Trinajstić information content (AvgIpc) is 3.08. The van der Waals surface area contributed by atoms with Crippen LogP contribution >= 0.6 is 12.2 Å². The van der Waals surface area contributed by atoms with Gasteiger partial charge in [0.2, 0.25) is 0 Å². The number of aromatic nitrogens is 2. The fraction of sp³-hybridized carbons (Fsp3) is 0.167. The van der Waals surface area contributed by atoms with E-state index >= 15 is 0 Å². The minimum Gasteiger partial charge on any atom is -0.497 e. The van der Waals surface area contributed by atoms with Crippen molar-refractivity contribution in [2.45, 2.75) is 13.1 Å². The molecule has 1 aromatic heterocycles. The largest absolute Gasteiger partial charge is 0.497 e. The van der Waals surface area contributed by atoms with Crippen LogP contribution in [-0.2, 0) is 17.9 Å². The predicted octanol–water partition coefficient (Wildman–Crippen LogP) is 1.74. The van der Waals surface area contributed by atoms with Crippen LogP contribution in [0.5, 0.6) is 5.75 Å². The Morgan fingerprint density at radius 3 is 2.69 bits per heavy atom. The molecule has 2 aromatic carbocycles. The zero-order valence-electron chi connectivity index (χ0n) is 14.2. The highest BCUT2D eigenvalue weighted by molar-refractivity contribution is 7.80. The summed E-state index contributed by atoms with van der Waals surface area (Å²) >= 11 is 5.16. The summed E-state index contributed by atoms with van der Waals surface area (Å²) in [5.41, 5.74) is 8.08. The summed E-state index contributed by atoms with van der Waals surface area (Å²) in [6.07, 6.45) is 1.64. The van der Waals surface area contributed by atoms with E-state index in [1.54, 1.807) is 18.0 Å². The number of nitrogens with zero attached hydrogens (tertiary/aromatic N) is 2. The monoisotopic (exact) mass is 369 g/mol. The zero-order valence-corrected chi connectivity index (χ0v) is 15.0. The van der Waals surface area contributed by atoms with Gasteiger partial charge in [-0.3, -0.25) is 15.6 Å². The number of imidazole rings is 1. The lowest BCUT2D eigenvalue weighted by Crippen LogP contribution is -2.47. The summed E-state index contributed by atoms with van der Waals surface area (Å²) < 4.78 is 6.89. The molecule has 3 rings (SSSR count). The van der Waals surface area contributed by atoms with E-state index in [2.05, 4.69) is 21.2 Å². The first kappa shape index (κ1) is 17.7. The van der Waals surface area contributed by atoms with Crippen LogP contribution in [0, 0.1) is 0 Å². The van der Waals surface area contributed by atoms with E-state index in [0.717, 1.165) is 22.3 Å². The van der Waals surface area contributed by atoms with Crippen LogP contribution in [0.15, 0.2) is 54.9 Å². The molecule has 0 saturated heterocycles. The number of carbonyl (C=O) groups excluding carboxylic acids is 1. The summed E-state index contributed by atoms with van der Waals surface area (Å²) in [4.78, 5) is 16.3. The quantitative estimate of drug-likeness (QED) is 0.470. The van der Waals surface area contributed by atoms with E-state index in [1.807, 2.05) is 48.5 Å². The molecule has 0 fully saturated rings. The molecule has 0 saturated carbocycles. The number of hydrogen-bond donors (Lipinski definition) is 3. The molecule has 0 aliphatic carbocycles. The Balaban J connectivity index is 1.44. The molecule has 7 nitrogen and oxygen atoms in total. The molecule has 8 heteroatoms. The lowest BCUT2D eigenvalue weighted by atomic mass is 10.2. The van der Waals surface area contributed by atoms with Gasteiger partial charge in [-0.2, -0.15) is 0 Å². The number of rotatable bonds is 5. The van der Waals surface area contributed by atoms with Gasteiger partial charge < -0.3 is 14.6 Å². The second-order valence-electron chi connectivity index (χ2n) is 5.57. The van der Waals surface area contributed by atoms with Crippen molar-refractivity contribution in [2.75, 3.05) is 7.11 Å². The number of methoxy groups -OCH3 is 1. The Labute approximate surface area is 156 Å². The Kier molecular flexibility index (Phi) is 5.65. The molecule has 0 bridgehead atoms. The van der Waals surface area contributed by atoms with Crippen molar-refractivity contribution < 1.29 is 9.53 Å². The molecular formula is C18H19N5O2S. The summed E-state index contributed by atoms with van der Waals surface area (Å²) in [5.74, 6) is 0.579. The molecule has 3 aromatic rings. The number of amides is 1. The first-order valence-corrected chi connectivity index (χ1v) is 8.42. The predicted molar refractivity (Wildman–Crippen MR) is 103 cm³/mol. The van der Waals surface area contributed by atoms with Gasteiger partial charge >= 0.3 is 0 Å². The maximum Gasteiger partial charge on any atom is 0.258 e. The molecule has 0 radical (unpaired) electrons. The molecule has 0 spiro atoms. The fourth-order valence-corrected chi connectivity index (χ4v) is 2.55. The highest BCUT2D eigenvalue weighted by atomic mass is 32.1. The number of benzene rings is 2. The lowest BCUT2D eigenvalue weighted by molar-refractivity contribution is -0.122. The van der Waals surface area contributed by atoms with Gasteiger partial charge in [-0.05, 0) is 42.0 Å². The Hall–Kier alpha value is -3.13. The van der Waals surface area contributed by atoms with Gasteiger partial charge in [-0.1, -0.05) is 24.3 Å². The molecule has 0 atom stereocenters. The van der Waals surface area contributed by atoms with Crippen molar-refractivity contribution in [3.8, 4) is 5.75 Å². The Bertz CT molecular complexity index is 907. The van der Waals surface area contributed by atoms with Crippen LogP contribution in [0.1, 0.15) is 5.56 Å². The van der Waals surface area contributed by atoms with Gasteiger partial charge in [0.1, 0.15) is 12.3 Å². The van der Waals surface area contributed by atoms with Gasteiger partial charge in [0.25, 0.3) is 5.91 Å². The number of nitrogens with one attached hydrogen (secondary N) is 3. The van der Waals surface area contributed by atoms with Gasteiger partial charge in [0.15, 0.2) is 5.11 Å². The van der Waals surface area contributed by atoms with Crippen LogP contribution in [0.2, 0.25) is 0 Å². The van der Waals surface area contributed by atoms with Crippen LogP contribution in [-0.4, -0.2) is 27.7 Å². The van der Waals surface area contributed by atoms with Crippen LogP contribution in [0.4, 0.5) is 0 Å². The molecule has 0 aliphatic rings. The minimum absolute atomic E-state index is 0.147. The van der Waals surface area contributed by atoms with Gasteiger partial charge in [0.05, 0.1) is 24.5 Å². The summed E-state index contributed by atoms with van der Waals surface area (Å²) in [5, 5.41) is 3.36. The van der Waals surface area contributed by atoms with Crippen LogP contribution in [0.25, 0.3) is 11.0 Å². The molecular weight excluding hydrogens is 350 g/mol. The van der Waals surface area contributed by atoms with Crippen molar-refractivity contribution in [3.05, 3.63) is 60.4 Å². The third-order valence-electron chi connectivity index (χ3n) is 3.77. The van der Waals surface area contributed by atoms with E-state index < -0.39 is 0 Å². The molecule has 3 N–H and O–H groups in total. The van der Waals surface area contributed by atoms with Crippen molar-refractivity contribution in [1.82, 2.24) is 25.7 Å². The third-order valence-corrected chi connectivity index (χ3v) is 4.02. The molecule has 134 valence electrons. The number of hydrogen-bond acceptors (Lipinski definition) is 4. The van der Waals surface area contributed by atoms with Gasteiger partial charge in [0, 0.05) is 6.54 Å². The van der Waals surface area contributed by atoms with E-state index in [4.69, 9.17) is 17.0 Å². The van der Waals surface area contributed by atoms with Crippen LogP contribution < -0.4 is 20.9 Å². The maximum atomic E-state index is 12.1. The number of para-hydroxylation sites is 2. The van der Waals surface area contributed by atoms with Crippen molar-refractivity contribution >= 4 is 34.3 Å². The van der Waals surface area contributed by atoms with Crippen molar-refractivity contribution in [2.24, 2.45) is 0 Å². The fourth-order valence-electron chi connectivity index (χ4n) is 2.43. The standard InChI is InChI=1S/C18H19N5O2S/c1-25-14-8-6-13(7-9-14)10-19-18(26)22-21-17(24)11-23-12-20-15-4-2-3-5-16(15)23/h2-9,12H,10-11H2,1H3,(H,21,24)(H2,19,22,26). The second kappa shape index (κ2) is 8.30. The zero-order chi connectivity index (χ0) is 18.4. The SMILES string of the molecule is COc1ccc(CNC(=S)NNC(=O)Cn2cnc3ccccc32)cc1. The maximum absolute atomic E-state index is 12.1. The van der Waals surface area contributed by atoms with Crippen molar-refractivity contribution in [3.63, 3.8) is 0 Å². The normalized spacial score (nSPS) is 10.3. The number of hydrazine groups is 1. The van der Waals surface area contributed by atoms with Gasteiger partial charge in [-0.15, -0.1) is 0 Å². The molecule has 26 heavy (non-hydrogen) atoms. The molecule has 0 aliphatic heterocycles. The minimum atomic E-state index is -0.221. The Morgan fingerprint density at radius 2 is 1.92 bits per heavy atom. The van der Waals surface area contributed by atoms with E-state index in [9.17, 15) is 4.79 Å². The molecule has 1 heterocycles. The summed E-state index contributed by atoms with van der Waals surface area (Å²) in [7, 11) is 1.63. The third kappa shape index (κ3) is 4.48. The van der Waals surface area contributed by atoms with E-state index in [1.165, 1.54) is 0 Å². The molecule has 0 unspecified atom stereocenters. The van der Waals surface area contributed by atoms with E-state index in [-0.39, 0.29) is 12.5 Å². The van der Waals surface area contributed by atoms with E-state index in [0.29, 0.717) is 11.7 Å². The first-order valence-electron chi connectivity index (χ1n) is 8.01. The first-order chi connectivity index (χ1) is 12.7. The average molecular weight is 369 g/mol. The number of ether oxygens (including phenoxy) is 1. The summed E-state index contributed by atoms with van der Waals surface area (Å²) in [6.45, 7) is 0.687. The Morgan fingerprint density at radius 1 is 1.15 bits per heavy atom. The highest BCUT2D eigenvalue weighted by Gasteiger charge is 2.07. The topological polar surface area (TPSA) is 80.2 Å². The highest BCUT2D eigenvalue weighted by Crippen LogP contribution is 2.11.